The van der Waals surface area contributed by atoms with Crippen molar-refractivity contribution >= 4 is 29.2 Å². The van der Waals surface area contributed by atoms with E-state index < -0.39 is 28.6 Å². The Balaban J connectivity index is 2.92. The highest BCUT2D eigenvalue weighted by molar-refractivity contribution is 6.31. The molecule has 0 radical (unpaired) electrons. The van der Waals surface area contributed by atoms with Crippen molar-refractivity contribution in [3.05, 3.63) is 40.9 Å². The molecule has 0 saturated heterocycles. The van der Waals surface area contributed by atoms with Crippen molar-refractivity contribution in [1.82, 2.24) is 0 Å². The zero-order valence-corrected chi connectivity index (χ0v) is 9.92. The summed E-state index contributed by atoms with van der Waals surface area (Å²) in [7, 11) is 0. The van der Waals surface area contributed by atoms with Crippen LogP contribution in [0.15, 0.2) is 30.4 Å². The maximum Gasteiger partial charge on any atom is 0.417 e. The standard InChI is InChI=1S/C11H7ClF3NO3/c12-8-2-1-6(5-7(8)11(13,14)15)16-9(17)3-4-10(18)19/h1-5H,(H,16,17)(H,18,19)/b4-3+. The minimum Gasteiger partial charge on any atom is -0.478 e. The number of rotatable bonds is 3. The molecule has 1 aromatic carbocycles. The van der Waals surface area contributed by atoms with Crippen molar-refractivity contribution in [2.24, 2.45) is 0 Å². The van der Waals surface area contributed by atoms with Crippen molar-refractivity contribution in [2.75, 3.05) is 5.32 Å². The zero-order valence-electron chi connectivity index (χ0n) is 9.16. The van der Waals surface area contributed by atoms with Crippen LogP contribution in [0.3, 0.4) is 0 Å². The van der Waals surface area contributed by atoms with Crippen LogP contribution in [0.25, 0.3) is 0 Å². The van der Waals surface area contributed by atoms with Gasteiger partial charge >= 0.3 is 12.1 Å². The van der Waals surface area contributed by atoms with Crippen LogP contribution in [0, 0.1) is 0 Å². The predicted molar refractivity (Wildman–Crippen MR) is 61.9 cm³/mol. The third-order valence-electron chi connectivity index (χ3n) is 1.92. The second kappa shape index (κ2) is 5.75. The van der Waals surface area contributed by atoms with Gasteiger partial charge in [0.05, 0.1) is 10.6 Å². The van der Waals surface area contributed by atoms with Gasteiger partial charge in [-0.2, -0.15) is 13.2 Å². The fourth-order valence-electron chi connectivity index (χ4n) is 1.15. The molecular weight excluding hydrogens is 287 g/mol. The van der Waals surface area contributed by atoms with Crippen molar-refractivity contribution in [3.8, 4) is 0 Å². The van der Waals surface area contributed by atoms with Crippen LogP contribution in [0.1, 0.15) is 5.56 Å². The summed E-state index contributed by atoms with van der Waals surface area (Å²) in [6.45, 7) is 0. The van der Waals surface area contributed by atoms with Gasteiger partial charge in [0.15, 0.2) is 0 Å². The summed E-state index contributed by atoms with van der Waals surface area (Å²) in [5, 5.41) is 9.88. The molecule has 0 fully saturated rings. The van der Waals surface area contributed by atoms with Crippen molar-refractivity contribution in [3.63, 3.8) is 0 Å². The number of halogens is 4. The van der Waals surface area contributed by atoms with E-state index in [1.54, 1.807) is 0 Å². The average Bonchev–Trinajstić information content (AvgIpc) is 2.27. The number of alkyl halides is 3. The predicted octanol–water partition coefficient (Wildman–Crippen LogP) is 2.94. The van der Waals surface area contributed by atoms with Gasteiger partial charge in [-0.1, -0.05) is 11.6 Å². The zero-order chi connectivity index (χ0) is 14.6. The van der Waals surface area contributed by atoms with Gasteiger partial charge in [-0.15, -0.1) is 0 Å². The molecule has 0 aromatic heterocycles. The first-order valence-electron chi connectivity index (χ1n) is 4.79. The Hall–Kier alpha value is -2.02. The number of anilines is 1. The Labute approximate surface area is 110 Å². The monoisotopic (exact) mass is 293 g/mol. The second-order valence-corrected chi connectivity index (χ2v) is 3.76. The summed E-state index contributed by atoms with van der Waals surface area (Å²) in [5.74, 6) is -2.21. The molecule has 1 aromatic rings. The number of carbonyl (C=O) groups is 2. The van der Waals surface area contributed by atoms with E-state index in [0.717, 1.165) is 6.07 Å². The first kappa shape index (κ1) is 15.0. The molecule has 0 aliphatic rings. The molecule has 19 heavy (non-hydrogen) atoms. The van der Waals surface area contributed by atoms with Crippen LogP contribution in [0.5, 0.6) is 0 Å². The molecule has 0 atom stereocenters. The van der Waals surface area contributed by atoms with Gasteiger partial charge in [0.2, 0.25) is 5.91 Å². The number of benzene rings is 1. The largest absolute Gasteiger partial charge is 0.478 e. The van der Waals surface area contributed by atoms with Gasteiger partial charge in [-0.3, -0.25) is 4.79 Å². The number of hydrogen-bond donors (Lipinski definition) is 2. The summed E-state index contributed by atoms with van der Waals surface area (Å²) < 4.78 is 37.6. The highest BCUT2D eigenvalue weighted by Gasteiger charge is 2.33. The van der Waals surface area contributed by atoms with Crippen molar-refractivity contribution < 1.29 is 27.9 Å². The van der Waals surface area contributed by atoms with Gasteiger partial charge in [-0.25, -0.2) is 4.79 Å². The summed E-state index contributed by atoms with van der Waals surface area (Å²) >= 11 is 5.40. The Kier molecular flexibility index (Phi) is 4.55. The molecule has 0 unspecified atom stereocenters. The van der Waals surface area contributed by atoms with E-state index in [1.807, 2.05) is 0 Å². The second-order valence-electron chi connectivity index (χ2n) is 3.35. The minimum absolute atomic E-state index is 0.142. The smallest absolute Gasteiger partial charge is 0.417 e. The third-order valence-corrected chi connectivity index (χ3v) is 2.25. The van der Waals surface area contributed by atoms with Crippen LogP contribution >= 0.6 is 11.6 Å². The molecule has 2 N–H and O–H groups in total. The van der Waals surface area contributed by atoms with E-state index in [-0.39, 0.29) is 5.69 Å². The van der Waals surface area contributed by atoms with E-state index in [1.165, 1.54) is 6.07 Å². The van der Waals surface area contributed by atoms with Gasteiger partial charge in [0.1, 0.15) is 0 Å². The molecule has 0 heterocycles. The van der Waals surface area contributed by atoms with E-state index in [9.17, 15) is 22.8 Å². The summed E-state index contributed by atoms with van der Waals surface area (Å²) in [6, 6.07) is 2.82. The molecule has 0 spiro atoms. The lowest BCUT2D eigenvalue weighted by atomic mass is 10.2. The molecule has 1 amide bonds. The lowest BCUT2D eigenvalue weighted by Crippen LogP contribution is -2.11. The first-order valence-corrected chi connectivity index (χ1v) is 5.16. The lowest BCUT2D eigenvalue weighted by molar-refractivity contribution is -0.137. The number of amides is 1. The molecule has 0 saturated carbocycles. The molecule has 0 aliphatic carbocycles. The highest BCUT2D eigenvalue weighted by atomic mass is 35.5. The summed E-state index contributed by atoms with van der Waals surface area (Å²) in [4.78, 5) is 21.3. The normalized spacial score (nSPS) is 11.6. The molecule has 0 bridgehead atoms. The van der Waals surface area contributed by atoms with Crippen LogP contribution in [-0.2, 0) is 15.8 Å². The van der Waals surface area contributed by atoms with E-state index in [2.05, 4.69) is 5.32 Å². The number of carboxylic acids is 1. The maximum atomic E-state index is 12.5. The van der Waals surface area contributed by atoms with Crippen LogP contribution < -0.4 is 5.32 Å². The number of hydrogen-bond acceptors (Lipinski definition) is 2. The van der Waals surface area contributed by atoms with Gasteiger partial charge in [0, 0.05) is 17.8 Å². The topological polar surface area (TPSA) is 66.4 Å². The molecule has 102 valence electrons. The minimum atomic E-state index is -4.64. The molecule has 1 rings (SSSR count). The first-order chi connectivity index (χ1) is 8.70. The Morgan fingerprint density at radius 2 is 1.89 bits per heavy atom. The SMILES string of the molecule is O=C(O)/C=C/C(=O)Nc1ccc(Cl)c(C(F)(F)F)c1. The van der Waals surface area contributed by atoms with Gasteiger partial charge < -0.3 is 10.4 Å². The molecule has 8 heteroatoms. The van der Waals surface area contributed by atoms with Crippen molar-refractivity contribution in [1.29, 1.82) is 0 Å². The van der Waals surface area contributed by atoms with Gasteiger partial charge in [0.25, 0.3) is 0 Å². The third kappa shape index (κ3) is 4.63. The maximum absolute atomic E-state index is 12.5. The van der Waals surface area contributed by atoms with Gasteiger partial charge in [-0.05, 0) is 18.2 Å². The Bertz CT molecular complexity index is 540. The van der Waals surface area contributed by atoms with E-state index in [4.69, 9.17) is 16.7 Å². The molecular formula is C11H7ClF3NO3. The van der Waals surface area contributed by atoms with Crippen LogP contribution in [-0.4, -0.2) is 17.0 Å². The van der Waals surface area contributed by atoms with Crippen LogP contribution in [0.4, 0.5) is 18.9 Å². The lowest BCUT2D eigenvalue weighted by Gasteiger charge is -2.11. The summed E-state index contributed by atoms with van der Waals surface area (Å²) in [6.07, 6.45) is -3.39. The quantitative estimate of drug-likeness (QED) is 0.842. The number of nitrogens with one attached hydrogen (secondary N) is 1. The Morgan fingerprint density at radius 1 is 1.26 bits per heavy atom. The van der Waals surface area contributed by atoms with E-state index >= 15 is 0 Å². The van der Waals surface area contributed by atoms with Crippen LogP contribution in [0.2, 0.25) is 5.02 Å². The fourth-order valence-corrected chi connectivity index (χ4v) is 1.38. The summed E-state index contributed by atoms with van der Waals surface area (Å²) in [5.41, 5.74) is -1.23. The highest BCUT2D eigenvalue weighted by Crippen LogP contribution is 2.36. The van der Waals surface area contributed by atoms with E-state index in [0.29, 0.717) is 18.2 Å². The average molecular weight is 294 g/mol. The fraction of sp³-hybridized carbons (Fsp3) is 0.0909. The molecule has 4 nitrogen and oxygen atoms in total. The Morgan fingerprint density at radius 3 is 2.42 bits per heavy atom. The molecule has 0 aliphatic heterocycles. The van der Waals surface area contributed by atoms with Crippen molar-refractivity contribution in [2.45, 2.75) is 6.18 Å². The number of aliphatic carboxylic acids is 1. The number of carbonyl (C=O) groups excluding carboxylic acids is 1. The number of carboxylic acid groups (broad SMARTS) is 1.